The largest absolute Gasteiger partial charge is 0.464 e. The second-order valence-electron chi connectivity index (χ2n) is 6.71. The highest BCUT2D eigenvalue weighted by Crippen LogP contribution is 2.33. The van der Waals surface area contributed by atoms with Gasteiger partial charge in [0, 0.05) is 42.3 Å². The standard InChI is InChI=1S/C19H19N3O/c1-21-11-17-9-16(21)12-22(17)19-5-3-15(10-20-19)13-2-4-18-14(8-13)6-7-23-18/h2-8,10,16-17H,9,11-12H2,1H3/t16-,17-/m0/s1. The van der Waals surface area contributed by atoms with E-state index < -0.39 is 0 Å². The number of likely N-dealkylation sites (tertiary alicyclic amines) is 1. The molecule has 4 heterocycles. The first-order valence-electron chi connectivity index (χ1n) is 8.18. The fourth-order valence-corrected chi connectivity index (χ4v) is 4.02. The van der Waals surface area contributed by atoms with Gasteiger partial charge in [0.15, 0.2) is 0 Å². The van der Waals surface area contributed by atoms with E-state index in [0.717, 1.165) is 35.4 Å². The smallest absolute Gasteiger partial charge is 0.133 e. The lowest BCUT2D eigenvalue weighted by Crippen LogP contribution is -2.44. The number of pyridine rings is 1. The van der Waals surface area contributed by atoms with Crippen molar-refractivity contribution in [2.45, 2.75) is 18.5 Å². The molecule has 0 aliphatic carbocycles. The SMILES string of the molecule is CN1C[C@@H]2C[C@H]1CN2c1ccc(-c2ccc3occc3c2)cn1. The van der Waals surface area contributed by atoms with Crippen LogP contribution in [0.5, 0.6) is 0 Å². The van der Waals surface area contributed by atoms with Crippen LogP contribution in [-0.4, -0.2) is 42.1 Å². The fourth-order valence-electron chi connectivity index (χ4n) is 4.02. The van der Waals surface area contributed by atoms with Crippen LogP contribution in [0.25, 0.3) is 22.1 Å². The molecular weight excluding hydrogens is 286 g/mol. The Balaban J connectivity index is 1.43. The van der Waals surface area contributed by atoms with E-state index in [9.17, 15) is 0 Å². The van der Waals surface area contributed by atoms with Crippen LogP contribution in [0.15, 0.2) is 53.3 Å². The fraction of sp³-hybridized carbons (Fsp3) is 0.316. The molecule has 0 unspecified atom stereocenters. The minimum atomic E-state index is 0.630. The monoisotopic (exact) mass is 305 g/mol. The molecule has 3 aromatic rings. The third kappa shape index (κ3) is 2.05. The molecule has 2 saturated heterocycles. The number of hydrogen-bond acceptors (Lipinski definition) is 4. The number of nitrogens with zero attached hydrogens (tertiary/aromatic N) is 3. The zero-order valence-corrected chi connectivity index (χ0v) is 13.1. The molecule has 2 aromatic heterocycles. The summed E-state index contributed by atoms with van der Waals surface area (Å²) in [5.74, 6) is 1.11. The van der Waals surface area contributed by atoms with E-state index in [4.69, 9.17) is 9.40 Å². The lowest BCUT2D eigenvalue weighted by molar-refractivity contribution is 0.292. The first-order chi connectivity index (χ1) is 11.3. The van der Waals surface area contributed by atoms with Crippen LogP contribution in [0.1, 0.15) is 6.42 Å². The average Bonchev–Trinajstić information content (AvgIpc) is 3.29. The molecule has 116 valence electrons. The van der Waals surface area contributed by atoms with Crippen molar-refractivity contribution in [2.75, 3.05) is 25.0 Å². The molecule has 2 bridgehead atoms. The van der Waals surface area contributed by atoms with Gasteiger partial charge in [-0.1, -0.05) is 6.07 Å². The second kappa shape index (κ2) is 4.83. The normalized spacial score (nSPS) is 24.0. The molecular formula is C19H19N3O. The third-order valence-electron chi connectivity index (χ3n) is 5.34. The highest BCUT2D eigenvalue weighted by atomic mass is 16.3. The van der Waals surface area contributed by atoms with Crippen LogP contribution in [0.4, 0.5) is 5.82 Å². The van der Waals surface area contributed by atoms with Gasteiger partial charge in [0.2, 0.25) is 0 Å². The van der Waals surface area contributed by atoms with Gasteiger partial charge in [0.1, 0.15) is 11.4 Å². The van der Waals surface area contributed by atoms with E-state index in [1.807, 2.05) is 18.3 Å². The molecule has 2 atom stereocenters. The second-order valence-corrected chi connectivity index (χ2v) is 6.71. The molecule has 0 spiro atoms. The summed E-state index contributed by atoms with van der Waals surface area (Å²) >= 11 is 0. The van der Waals surface area contributed by atoms with Gasteiger partial charge in [-0.3, -0.25) is 4.90 Å². The van der Waals surface area contributed by atoms with Crippen LogP contribution in [0.2, 0.25) is 0 Å². The molecule has 0 radical (unpaired) electrons. The van der Waals surface area contributed by atoms with Gasteiger partial charge in [-0.05, 0) is 49.4 Å². The van der Waals surface area contributed by atoms with Gasteiger partial charge in [0.05, 0.1) is 6.26 Å². The number of furan rings is 1. The third-order valence-corrected chi connectivity index (χ3v) is 5.34. The Bertz CT molecular complexity index is 852. The summed E-state index contributed by atoms with van der Waals surface area (Å²) in [4.78, 5) is 9.67. The Morgan fingerprint density at radius 3 is 2.70 bits per heavy atom. The van der Waals surface area contributed by atoms with Crippen molar-refractivity contribution in [3.05, 3.63) is 48.9 Å². The molecule has 2 aliphatic rings. The van der Waals surface area contributed by atoms with Gasteiger partial charge < -0.3 is 9.32 Å². The highest BCUT2D eigenvalue weighted by Gasteiger charge is 2.41. The van der Waals surface area contributed by atoms with Crippen LogP contribution < -0.4 is 4.90 Å². The maximum absolute atomic E-state index is 5.41. The number of piperazine rings is 1. The Morgan fingerprint density at radius 1 is 1.04 bits per heavy atom. The number of hydrogen-bond donors (Lipinski definition) is 0. The van der Waals surface area contributed by atoms with Gasteiger partial charge in [0.25, 0.3) is 0 Å². The Kier molecular flexibility index (Phi) is 2.76. The molecule has 1 aromatic carbocycles. The number of benzene rings is 1. The lowest BCUT2D eigenvalue weighted by Gasteiger charge is -2.32. The summed E-state index contributed by atoms with van der Waals surface area (Å²) in [5.41, 5.74) is 3.26. The molecule has 2 fully saturated rings. The van der Waals surface area contributed by atoms with Crippen LogP contribution in [-0.2, 0) is 0 Å². The quantitative estimate of drug-likeness (QED) is 0.726. The Labute approximate surface area is 135 Å². The number of aromatic nitrogens is 1. The predicted octanol–water partition coefficient (Wildman–Crippen LogP) is 3.39. The predicted molar refractivity (Wildman–Crippen MR) is 91.6 cm³/mol. The highest BCUT2D eigenvalue weighted by molar-refractivity contribution is 5.83. The molecule has 5 rings (SSSR count). The zero-order valence-electron chi connectivity index (χ0n) is 13.1. The minimum absolute atomic E-state index is 0.630. The maximum atomic E-state index is 5.41. The van der Waals surface area contributed by atoms with Crippen LogP contribution >= 0.6 is 0 Å². The Morgan fingerprint density at radius 2 is 1.96 bits per heavy atom. The van der Waals surface area contributed by atoms with Gasteiger partial charge in [-0.2, -0.15) is 0 Å². The minimum Gasteiger partial charge on any atom is -0.464 e. The number of fused-ring (bicyclic) bond motifs is 3. The summed E-state index contributed by atoms with van der Waals surface area (Å²) in [7, 11) is 2.23. The molecule has 0 N–H and O–H groups in total. The van der Waals surface area contributed by atoms with Gasteiger partial charge >= 0.3 is 0 Å². The lowest BCUT2D eigenvalue weighted by atomic mass is 10.1. The molecule has 0 amide bonds. The topological polar surface area (TPSA) is 32.5 Å². The van der Waals surface area contributed by atoms with Crippen molar-refractivity contribution in [3.8, 4) is 11.1 Å². The van der Waals surface area contributed by atoms with E-state index >= 15 is 0 Å². The summed E-state index contributed by atoms with van der Waals surface area (Å²) in [6.45, 7) is 2.26. The van der Waals surface area contributed by atoms with Crippen LogP contribution in [0.3, 0.4) is 0 Å². The van der Waals surface area contributed by atoms with Crippen molar-refractivity contribution in [1.82, 2.24) is 9.88 Å². The van der Waals surface area contributed by atoms with Crippen molar-refractivity contribution in [3.63, 3.8) is 0 Å². The zero-order chi connectivity index (χ0) is 15.4. The Hall–Kier alpha value is -2.33. The van der Waals surface area contributed by atoms with E-state index in [0.29, 0.717) is 12.1 Å². The molecule has 2 aliphatic heterocycles. The maximum Gasteiger partial charge on any atom is 0.133 e. The number of likely N-dealkylation sites (N-methyl/N-ethyl adjacent to an activating group) is 1. The molecule has 23 heavy (non-hydrogen) atoms. The van der Waals surface area contributed by atoms with Crippen molar-refractivity contribution >= 4 is 16.8 Å². The van der Waals surface area contributed by atoms with Gasteiger partial charge in [-0.25, -0.2) is 4.98 Å². The molecule has 0 saturated carbocycles. The first-order valence-corrected chi connectivity index (χ1v) is 8.18. The molecule has 4 nitrogen and oxygen atoms in total. The van der Waals surface area contributed by atoms with Gasteiger partial charge in [-0.15, -0.1) is 0 Å². The van der Waals surface area contributed by atoms with Crippen molar-refractivity contribution in [1.29, 1.82) is 0 Å². The van der Waals surface area contributed by atoms with Crippen molar-refractivity contribution < 1.29 is 4.42 Å². The summed E-state index contributed by atoms with van der Waals surface area (Å²) < 4.78 is 5.41. The van der Waals surface area contributed by atoms with E-state index in [1.165, 1.54) is 12.0 Å². The average molecular weight is 305 g/mol. The number of rotatable bonds is 2. The van der Waals surface area contributed by atoms with E-state index in [1.54, 1.807) is 6.26 Å². The number of anilines is 1. The van der Waals surface area contributed by atoms with E-state index in [2.05, 4.69) is 41.1 Å². The first kappa shape index (κ1) is 13.1. The van der Waals surface area contributed by atoms with Crippen molar-refractivity contribution in [2.24, 2.45) is 0 Å². The molecule has 4 heteroatoms. The van der Waals surface area contributed by atoms with Crippen LogP contribution in [0, 0.1) is 0 Å². The summed E-state index contributed by atoms with van der Waals surface area (Å²) in [6.07, 6.45) is 5.00. The summed E-state index contributed by atoms with van der Waals surface area (Å²) in [6, 6.07) is 13.9. The van der Waals surface area contributed by atoms with E-state index in [-0.39, 0.29) is 0 Å². The summed E-state index contributed by atoms with van der Waals surface area (Å²) in [5, 5.41) is 1.13.